The maximum atomic E-state index is 5.04. The number of anilines is 1. The zero-order valence-corrected chi connectivity index (χ0v) is 16.8. The highest BCUT2D eigenvalue weighted by Crippen LogP contribution is 2.16. The molecule has 0 amide bonds. The van der Waals surface area contributed by atoms with Crippen LogP contribution in [0.15, 0.2) is 41.4 Å². The summed E-state index contributed by atoms with van der Waals surface area (Å²) in [5.74, 6) is 0.848. The van der Waals surface area contributed by atoms with E-state index in [2.05, 4.69) is 71.2 Å². The Balaban J connectivity index is 1.86. The van der Waals surface area contributed by atoms with E-state index in [1.165, 1.54) is 15.3 Å². The number of rotatable bonds is 10. The Morgan fingerprint density at radius 3 is 2.46 bits per heavy atom. The molecule has 0 aliphatic carbocycles. The fraction of sp³-hybridized carbons (Fsp3) is 0.450. The second-order valence-electron chi connectivity index (χ2n) is 5.89. The van der Waals surface area contributed by atoms with Crippen LogP contribution in [-0.4, -0.2) is 32.8 Å². The van der Waals surface area contributed by atoms with E-state index in [-0.39, 0.29) is 0 Å². The summed E-state index contributed by atoms with van der Waals surface area (Å²) in [6.45, 7) is 8.08. The summed E-state index contributed by atoms with van der Waals surface area (Å²) in [6.07, 6.45) is 1.09. The first-order valence-corrected chi connectivity index (χ1v) is 9.98. The number of thiophene rings is 1. The number of methoxy groups -OCH3 is 1. The molecule has 1 heterocycles. The van der Waals surface area contributed by atoms with Crippen LogP contribution in [0.5, 0.6) is 0 Å². The lowest BCUT2D eigenvalue weighted by molar-refractivity contribution is 0.211. The number of guanidine groups is 1. The molecular weight excluding hydrogens is 344 g/mol. The van der Waals surface area contributed by atoms with Gasteiger partial charge in [0.1, 0.15) is 0 Å². The van der Waals surface area contributed by atoms with E-state index >= 15 is 0 Å². The molecule has 0 aliphatic heterocycles. The predicted molar refractivity (Wildman–Crippen MR) is 112 cm³/mol. The van der Waals surface area contributed by atoms with Crippen molar-refractivity contribution in [2.45, 2.75) is 33.4 Å². The highest BCUT2D eigenvalue weighted by Gasteiger charge is 2.02. The number of aryl methyl sites for hydroxylation is 1. The quantitative estimate of drug-likeness (QED) is 0.338. The van der Waals surface area contributed by atoms with Crippen LogP contribution in [0.4, 0.5) is 5.69 Å². The van der Waals surface area contributed by atoms with Crippen molar-refractivity contribution in [1.29, 1.82) is 0 Å². The van der Waals surface area contributed by atoms with Crippen molar-refractivity contribution in [3.05, 3.63) is 51.7 Å². The highest BCUT2D eigenvalue weighted by atomic mass is 32.1. The van der Waals surface area contributed by atoms with Gasteiger partial charge in [0.15, 0.2) is 5.96 Å². The second-order valence-corrected chi connectivity index (χ2v) is 7.14. The van der Waals surface area contributed by atoms with Crippen molar-refractivity contribution in [2.75, 3.05) is 32.1 Å². The van der Waals surface area contributed by atoms with E-state index < -0.39 is 0 Å². The van der Waals surface area contributed by atoms with Crippen LogP contribution in [0.2, 0.25) is 0 Å². The minimum atomic E-state index is 0.651. The normalized spacial score (nSPS) is 11.4. The van der Waals surface area contributed by atoms with Gasteiger partial charge in [0.2, 0.25) is 0 Å². The molecule has 0 fully saturated rings. The summed E-state index contributed by atoms with van der Waals surface area (Å²) in [6, 6.07) is 12.8. The minimum absolute atomic E-state index is 0.651. The fourth-order valence-corrected chi connectivity index (χ4v) is 3.31. The molecule has 0 radical (unpaired) electrons. The Labute approximate surface area is 160 Å². The van der Waals surface area contributed by atoms with Crippen LogP contribution in [0, 0.1) is 0 Å². The lowest BCUT2D eigenvalue weighted by atomic mass is 10.2. The summed E-state index contributed by atoms with van der Waals surface area (Å²) in [4.78, 5) is 7.44. The zero-order chi connectivity index (χ0) is 18.6. The van der Waals surface area contributed by atoms with E-state index in [4.69, 9.17) is 4.74 Å². The molecule has 3 N–H and O–H groups in total. The first-order chi connectivity index (χ1) is 12.7. The van der Waals surface area contributed by atoms with Gasteiger partial charge < -0.3 is 20.7 Å². The van der Waals surface area contributed by atoms with Crippen LogP contribution in [0.25, 0.3) is 0 Å². The number of nitrogens with zero attached hydrogens (tertiary/aromatic N) is 1. The summed E-state index contributed by atoms with van der Waals surface area (Å²) in [7, 11) is 1.71. The molecule has 1 aromatic heterocycles. The molecule has 0 saturated carbocycles. The maximum Gasteiger partial charge on any atom is 0.191 e. The first kappa shape index (κ1) is 20.3. The monoisotopic (exact) mass is 374 g/mol. The molecule has 6 heteroatoms. The lowest BCUT2D eigenvalue weighted by Gasteiger charge is -2.11. The topological polar surface area (TPSA) is 57.7 Å². The summed E-state index contributed by atoms with van der Waals surface area (Å²) in [5, 5.41) is 10.0. The molecule has 0 bridgehead atoms. The summed E-state index contributed by atoms with van der Waals surface area (Å²) < 4.78 is 5.04. The predicted octanol–water partition coefficient (Wildman–Crippen LogP) is 3.62. The first-order valence-electron chi connectivity index (χ1n) is 9.16. The van der Waals surface area contributed by atoms with Gasteiger partial charge in [-0.1, -0.05) is 19.1 Å². The summed E-state index contributed by atoms with van der Waals surface area (Å²) in [5.41, 5.74) is 2.29. The molecule has 0 unspecified atom stereocenters. The second kappa shape index (κ2) is 11.5. The molecule has 0 aliphatic rings. The molecule has 26 heavy (non-hydrogen) atoms. The number of aliphatic imine (C=N–C) groups is 1. The van der Waals surface area contributed by atoms with Gasteiger partial charge in [-0.25, -0.2) is 4.99 Å². The standard InChI is InChI=1S/C20H30N4OS/c1-4-18-10-11-19(26-18)15-24-20(21-5-2)23-14-16-6-8-17(9-7-16)22-12-13-25-3/h6-11,22H,4-5,12-15H2,1-3H3,(H2,21,23,24). The number of hydrogen-bond acceptors (Lipinski definition) is 4. The van der Waals surface area contributed by atoms with Gasteiger partial charge in [0.25, 0.3) is 0 Å². The molecule has 0 saturated heterocycles. The SMILES string of the molecule is CCNC(=NCc1ccc(NCCOC)cc1)NCc1ccc(CC)s1. The van der Waals surface area contributed by atoms with Crippen LogP contribution < -0.4 is 16.0 Å². The van der Waals surface area contributed by atoms with E-state index in [1.54, 1.807) is 7.11 Å². The van der Waals surface area contributed by atoms with E-state index in [0.717, 1.165) is 37.7 Å². The Hall–Kier alpha value is -2.05. The van der Waals surface area contributed by atoms with Gasteiger partial charge in [0.05, 0.1) is 19.7 Å². The van der Waals surface area contributed by atoms with E-state index in [1.807, 2.05) is 11.3 Å². The van der Waals surface area contributed by atoms with Crippen molar-refractivity contribution >= 4 is 23.0 Å². The Bertz CT molecular complexity index is 667. The highest BCUT2D eigenvalue weighted by molar-refractivity contribution is 7.11. The average molecular weight is 375 g/mol. The van der Waals surface area contributed by atoms with Gasteiger partial charge in [-0.3, -0.25) is 0 Å². The average Bonchev–Trinajstić information content (AvgIpc) is 3.13. The van der Waals surface area contributed by atoms with Crippen LogP contribution in [0.3, 0.4) is 0 Å². The fourth-order valence-electron chi connectivity index (χ4n) is 2.42. The molecule has 0 atom stereocenters. The zero-order valence-electron chi connectivity index (χ0n) is 16.0. The van der Waals surface area contributed by atoms with Crippen molar-refractivity contribution in [3.8, 4) is 0 Å². The van der Waals surface area contributed by atoms with Crippen molar-refractivity contribution < 1.29 is 4.74 Å². The van der Waals surface area contributed by atoms with Crippen molar-refractivity contribution in [2.24, 2.45) is 4.99 Å². The van der Waals surface area contributed by atoms with Gasteiger partial charge in [-0.2, -0.15) is 0 Å². The molecule has 2 rings (SSSR count). The van der Waals surface area contributed by atoms with Gasteiger partial charge in [-0.05, 0) is 43.2 Å². The lowest BCUT2D eigenvalue weighted by Crippen LogP contribution is -2.36. The molecule has 2 aromatic rings. The van der Waals surface area contributed by atoms with E-state index in [9.17, 15) is 0 Å². The molecule has 0 spiro atoms. The Morgan fingerprint density at radius 1 is 1.04 bits per heavy atom. The van der Waals surface area contributed by atoms with Crippen LogP contribution >= 0.6 is 11.3 Å². The Kier molecular flexibility index (Phi) is 9.00. The van der Waals surface area contributed by atoms with Crippen LogP contribution in [0.1, 0.15) is 29.2 Å². The largest absolute Gasteiger partial charge is 0.383 e. The number of ether oxygens (including phenoxy) is 1. The third-order valence-electron chi connectivity index (χ3n) is 3.85. The number of nitrogens with one attached hydrogen (secondary N) is 3. The number of benzene rings is 1. The molecule has 1 aromatic carbocycles. The molecule has 142 valence electrons. The third-order valence-corrected chi connectivity index (χ3v) is 5.08. The number of hydrogen-bond donors (Lipinski definition) is 3. The molecular formula is C20H30N4OS. The summed E-state index contributed by atoms with van der Waals surface area (Å²) >= 11 is 1.86. The third kappa shape index (κ3) is 7.06. The molecule has 5 nitrogen and oxygen atoms in total. The van der Waals surface area contributed by atoms with Crippen molar-refractivity contribution in [3.63, 3.8) is 0 Å². The van der Waals surface area contributed by atoms with Crippen molar-refractivity contribution in [1.82, 2.24) is 10.6 Å². The van der Waals surface area contributed by atoms with Gasteiger partial charge in [0, 0.05) is 35.6 Å². The van der Waals surface area contributed by atoms with Gasteiger partial charge >= 0.3 is 0 Å². The maximum absolute atomic E-state index is 5.04. The van der Waals surface area contributed by atoms with Gasteiger partial charge in [-0.15, -0.1) is 11.3 Å². The minimum Gasteiger partial charge on any atom is -0.383 e. The van der Waals surface area contributed by atoms with E-state index in [0.29, 0.717) is 13.2 Å². The smallest absolute Gasteiger partial charge is 0.191 e. The Morgan fingerprint density at radius 2 is 1.81 bits per heavy atom. The van der Waals surface area contributed by atoms with Crippen LogP contribution in [-0.2, 0) is 24.2 Å².